The molecule has 3 N–H and O–H groups in total. The summed E-state index contributed by atoms with van der Waals surface area (Å²) in [6, 6.07) is 0. The third-order valence-corrected chi connectivity index (χ3v) is 22.6. The largest absolute Gasteiger partial charge is 0.472 e. The van der Waals surface area contributed by atoms with E-state index in [1.54, 1.807) is 0 Å². The highest BCUT2D eigenvalue weighted by Crippen LogP contribution is 2.45. The molecule has 0 spiro atoms. The zero-order valence-electron chi connectivity index (χ0n) is 69.9. The van der Waals surface area contributed by atoms with E-state index in [-0.39, 0.29) is 25.7 Å². The fourth-order valence-corrected chi connectivity index (χ4v) is 15.1. The lowest BCUT2D eigenvalue weighted by Gasteiger charge is -2.21. The van der Waals surface area contributed by atoms with E-state index in [0.717, 1.165) is 108 Å². The lowest BCUT2D eigenvalue weighted by atomic mass is 9.99. The SMILES string of the molecule is CCCCCCCCCCCCC(=O)OC[C@H](COP(=O)(O)OC[C@H](O)COP(=O)(O)OC[C@@H](COC(=O)CCCCCCCCCCCCCCCCCCC(C)C)OC(=O)CCCCCCCCCCCCCCCCCCCCC(C)CC)OC(=O)CCCCCCCCCCCCCCC(C)C. The number of hydrogen-bond acceptors (Lipinski definition) is 15. The third-order valence-electron chi connectivity index (χ3n) is 20.7. The number of unbranched alkanes of at least 4 members (excludes halogenated alkanes) is 52. The molecule has 6 atom stereocenters. The van der Waals surface area contributed by atoms with Gasteiger partial charge in [0, 0.05) is 25.7 Å². The fourth-order valence-electron chi connectivity index (χ4n) is 13.5. The van der Waals surface area contributed by atoms with Gasteiger partial charge < -0.3 is 33.8 Å². The molecule has 0 saturated heterocycles. The molecule has 0 aliphatic heterocycles. The van der Waals surface area contributed by atoms with Crippen LogP contribution in [0.15, 0.2) is 0 Å². The number of esters is 4. The van der Waals surface area contributed by atoms with E-state index in [2.05, 4.69) is 48.5 Å². The van der Waals surface area contributed by atoms with Crippen molar-refractivity contribution >= 4 is 39.5 Å². The molecule has 0 aromatic rings. The summed E-state index contributed by atoms with van der Waals surface area (Å²) in [5.74, 6) is 0.357. The molecule has 17 nitrogen and oxygen atoms in total. The van der Waals surface area contributed by atoms with Gasteiger partial charge in [0.15, 0.2) is 12.2 Å². The number of carbonyl (C=O) groups excluding carboxylic acids is 4. The van der Waals surface area contributed by atoms with E-state index < -0.39 is 97.5 Å². The Bertz CT molecular complexity index is 2050. The first-order valence-corrected chi connectivity index (χ1v) is 47.9. The van der Waals surface area contributed by atoms with Crippen LogP contribution in [0.25, 0.3) is 0 Å². The van der Waals surface area contributed by atoms with Gasteiger partial charge in [-0.25, -0.2) is 9.13 Å². The molecular formula is C87H170O17P2. The predicted octanol–water partition coefficient (Wildman–Crippen LogP) is 26.5. The molecule has 0 saturated carbocycles. The Kier molecular flexibility index (Phi) is 75.6. The van der Waals surface area contributed by atoms with E-state index in [1.165, 1.54) is 270 Å². The van der Waals surface area contributed by atoms with Crippen LogP contribution in [0.1, 0.15) is 459 Å². The van der Waals surface area contributed by atoms with Crippen molar-refractivity contribution < 1.29 is 80.2 Å². The van der Waals surface area contributed by atoms with Crippen LogP contribution in [0.5, 0.6) is 0 Å². The Morgan fingerprint density at radius 3 is 0.717 bits per heavy atom. The minimum atomic E-state index is -4.97. The quantitative estimate of drug-likeness (QED) is 0.0222. The molecule has 3 unspecified atom stereocenters. The molecule has 0 rings (SSSR count). The van der Waals surface area contributed by atoms with Crippen molar-refractivity contribution in [2.24, 2.45) is 17.8 Å². The number of rotatable bonds is 85. The van der Waals surface area contributed by atoms with Crippen LogP contribution in [0.3, 0.4) is 0 Å². The topological polar surface area (TPSA) is 237 Å². The number of phosphoric ester groups is 2. The van der Waals surface area contributed by atoms with Crippen molar-refractivity contribution in [3.05, 3.63) is 0 Å². The highest BCUT2D eigenvalue weighted by Gasteiger charge is 2.31. The Morgan fingerprint density at radius 2 is 0.481 bits per heavy atom. The Hall–Kier alpha value is -1.94. The van der Waals surface area contributed by atoms with E-state index in [4.69, 9.17) is 37.0 Å². The highest BCUT2D eigenvalue weighted by atomic mass is 31.2. The molecule has 0 fully saturated rings. The normalized spacial score (nSPS) is 14.1. The van der Waals surface area contributed by atoms with Crippen LogP contribution >= 0.6 is 15.6 Å². The molecule has 0 bridgehead atoms. The van der Waals surface area contributed by atoms with E-state index in [9.17, 15) is 43.2 Å². The number of phosphoric acid groups is 2. The first-order valence-electron chi connectivity index (χ1n) is 44.9. The van der Waals surface area contributed by atoms with E-state index >= 15 is 0 Å². The molecule has 0 heterocycles. The maximum absolute atomic E-state index is 13.2. The number of carbonyl (C=O) groups is 4. The molecule has 19 heteroatoms. The highest BCUT2D eigenvalue weighted by molar-refractivity contribution is 7.47. The van der Waals surface area contributed by atoms with Crippen LogP contribution in [-0.4, -0.2) is 96.7 Å². The fraction of sp³-hybridized carbons (Fsp3) is 0.954. The zero-order chi connectivity index (χ0) is 77.9. The molecule has 0 aromatic carbocycles. The molecule has 106 heavy (non-hydrogen) atoms. The van der Waals surface area contributed by atoms with Crippen LogP contribution in [0, 0.1) is 17.8 Å². The number of aliphatic hydroxyl groups is 1. The van der Waals surface area contributed by atoms with Gasteiger partial charge in [0.05, 0.1) is 26.4 Å². The summed E-state index contributed by atoms with van der Waals surface area (Å²) in [6.07, 6.45) is 68.0. The van der Waals surface area contributed by atoms with Crippen LogP contribution in [0.4, 0.5) is 0 Å². The van der Waals surface area contributed by atoms with Crippen molar-refractivity contribution in [2.75, 3.05) is 39.6 Å². The van der Waals surface area contributed by atoms with Gasteiger partial charge in [-0.1, -0.05) is 408 Å². The molecule has 0 aliphatic rings. The molecule has 0 radical (unpaired) electrons. The summed E-state index contributed by atoms with van der Waals surface area (Å²) >= 11 is 0. The first kappa shape index (κ1) is 104. The lowest BCUT2D eigenvalue weighted by molar-refractivity contribution is -0.161. The van der Waals surface area contributed by atoms with Gasteiger partial charge >= 0.3 is 39.5 Å². The van der Waals surface area contributed by atoms with Gasteiger partial charge in [0.1, 0.15) is 19.3 Å². The maximum Gasteiger partial charge on any atom is 0.472 e. The standard InChI is InChI=1S/C87H170O17P2/c1-8-10-11-12-13-14-40-47-54-61-68-84(89)97-74-82(103-87(92)71-64-57-50-43-36-30-29-32-38-45-52-59-66-79(5)6)76-101-105(93,94)99-72-81(88)73-100-106(95,96)102-77-83(75-98-85(90)69-62-55-48-41-34-27-23-20-19-21-25-31-37-44-51-58-65-78(3)4)104-86(91)70-63-56-49-42-35-28-24-18-16-15-17-22-26-33-39-46-53-60-67-80(7)9-2/h78-83,88H,8-77H2,1-7H3,(H,93,94)(H,95,96)/t80?,81-,82+,83+/m0/s1. The van der Waals surface area contributed by atoms with Gasteiger partial charge in [-0.05, 0) is 43.4 Å². The van der Waals surface area contributed by atoms with E-state index in [0.29, 0.717) is 25.7 Å². The van der Waals surface area contributed by atoms with Crippen molar-refractivity contribution in [1.29, 1.82) is 0 Å². The minimum Gasteiger partial charge on any atom is -0.462 e. The predicted molar refractivity (Wildman–Crippen MR) is 437 cm³/mol. The summed E-state index contributed by atoms with van der Waals surface area (Å²) in [5.41, 5.74) is 0. The second kappa shape index (κ2) is 77.0. The van der Waals surface area contributed by atoms with Crippen LogP contribution < -0.4 is 0 Å². The van der Waals surface area contributed by atoms with Crippen molar-refractivity contribution in [3.63, 3.8) is 0 Å². The van der Waals surface area contributed by atoms with Crippen molar-refractivity contribution in [1.82, 2.24) is 0 Å². The summed E-state index contributed by atoms with van der Waals surface area (Å²) < 4.78 is 68.9. The Balaban J connectivity index is 5.22. The summed E-state index contributed by atoms with van der Waals surface area (Å²) in [5, 5.41) is 10.7. The van der Waals surface area contributed by atoms with Crippen molar-refractivity contribution in [2.45, 2.75) is 478 Å². The summed E-state index contributed by atoms with van der Waals surface area (Å²) in [6.45, 7) is 12.1. The van der Waals surface area contributed by atoms with E-state index in [1.807, 2.05) is 0 Å². The minimum absolute atomic E-state index is 0.107. The number of aliphatic hydroxyl groups excluding tert-OH is 1. The Morgan fingerprint density at radius 1 is 0.274 bits per heavy atom. The molecule has 0 aliphatic carbocycles. The molecule has 0 amide bonds. The van der Waals surface area contributed by atoms with Gasteiger partial charge in [0.25, 0.3) is 0 Å². The monoisotopic (exact) mass is 1550 g/mol. The molecular weight excluding hydrogens is 1380 g/mol. The smallest absolute Gasteiger partial charge is 0.462 e. The summed E-state index contributed by atoms with van der Waals surface area (Å²) in [4.78, 5) is 73.2. The lowest BCUT2D eigenvalue weighted by Crippen LogP contribution is -2.30. The van der Waals surface area contributed by atoms with Gasteiger partial charge in [-0.2, -0.15) is 0 Å². The van der Waals surface area contributed by atoms with Crippen LogP contribution in [-0.2, 0) is 65.4 Å². The first-order chi connectivity index (χ1) is 51.3. The maximum atomic E-state index is 13.2. The van der Waals surface area contributed by atoms with Gasteiger partial charge in [0.2, 0.25) is 0 Å². The molecule has 630 valence electrons. The number of ether oxygens (including phenoxy) is 4. The average molecular weight is 1550 g/mol. The Labute approximate surface area is 651 Å². The van der Waals surface area contributed by atoms with Crippen LogP contribution in [0.2, 0.25) is 0 Å². The van der Waals surface area contributed by atoms with Gasteiger partial charge in [-0.15, -0.1) is 0 Å². The second-order valence-electron chi connectivity index (χ2n) is 32.5. The third kappa shape index (κ3) is 78.7. The second-order valence-corrected chi connectivity index (χ2v) is 35.4. The average Bonchev–Trinajstić information content (AvgIpc) is 0.900. The van der Waals surface area contributed by atoms with Crippen molar-refractivity contribution in [3.8, 4) is 0 Å². The zero-order valence-corrected chi connectivity index (χ0v) is 71.7. The van der Waals surface area contributed by atoms with Gasteiger partial charge in [-0.3, -0.25) is 37.3 Å². The summed E-state index contributed by atoms with van der Waals surface area (Å²) in [7, 11) is -9.93. The molecule has 0 aromatic heterocycles. The number of hydrogen-bond donors (Lipinski definition) is 3.